The van der Waals surface area contributed by atoms with Gasteiger partial charge in [-0.2, -0.15) is 0 Å². The molecule has 0 heterocycles. The number of nitrogen functional groups attached to an aromatic ring is 1. The quantitative estimate of drug-likeness (QED) is 0.392. The number of hydrogen-bond acceptors (Lipinski definition) is 3. The molecule has 0 bridgehead atoms. The molecule has 0 aliphatic heterocycles. The largest absolute Gasteiger partial charge is 0.399 e. The van der Waals surface area contributed by atoms with Crippen LogP contribution in [0.3, 0.4) is 0 Å². The maximum Gasteiger partial charge on any atom is 0.0967 e. The minimum absolute atomic E-state index is 0.680. The summed E-state index contributed by atoms with van der Waals surface area (Å²) < 4.78 is 6.26. The Morgan fingerprint density at radius 2 is 2.31 bits per heavy atom. The second-order valence-corrected chi connectivity index (χ2v) is 4.26. The number of thioether (sulfide) groups is 1. The summed E-state index contributed by atoms with van der Waals surface area (Å²) in [5, 5.41) is 0. The van der Waals surface area contributed by atoms with Crippen LogP contribution in [0, 0.1) is 0 Å². The van der Waals surface area contributed by atoms with Crippen molar-refractivity contribution in [2.75, 3.05) is 18.3 Å². The zero-order valence-corrected chi connectivity index (χ0v) is 9.82. The maximum atomic E-state index is 5.61. The molecule has 0 spiro atoms. The Balaban J connectivity index is 2.56. The SMILES string of the molecule is CCOCSc1ccc(N)cc1Br. The Morgan fingerprint density at radius 3 is 2.92 bits per heavy atom. The van der Waals surface area contributed by atoms with Crippen LogP contribution in [0.15, 0.2) is 27.6 Å². The Morgan fingerprint density at radius 1 is 1.54 bits per heavy atom. The highest BCUT2D eigenvalue weighted by molar-refractivity contribution is 9.10. The molecule has 0 aliphatic rings. The lowest BCUT2D eigenvalue weighted by atomic mass is 10.3. The minimum Gasteiger partial charge on any atom is -0.399 e. The van der Waals surface area contributed by atoms with E-state index >= 15 is 0 Å². The van der Waals surface area contributed by atoms with Crippen LogP contribution in [0.2, 0.25) is 0 Å². The van der Waals surface area contributed by atoms with E-state index in [0.717, 1.165) is 21.7 Å². The number of benzene rings is 1. The van der Waals surface area contributed by atoms with Gasteiger partial charge in [-0.3, -0.25) is 0 Å². The number of ether oxygens (including phenoxy) is 1. The van der Waals surface area contributed by atoms with Crippen LogP contribution in [0.5, 0.6) is 0 Å². The molecule has 0 aromatic heterocycles. The van der Waals surface area contributed by atoms with Gasteiger partial charge in [-0.15, -0.1) is 0 Å². The minimum atomic E-state index is 0.680. The van der Waals surface area contributed by atoms with E-state index in [9.17, 15) is 0 Å². The molecule has 1 aromatic rings. The highest BCUT2D eigenvalue weighted by Crippen LogP contribution is 2.28. The van der Waals surface area contributed by atoms with E-state index in [2.05, 4.69) is 15.9 Å². The van der Waals surface area contributed by atoms with Crippen molar-refractivity contribution in [2.45, 2.75) is 11.8 Å². The molecule has 4 heteroatoms. The Bertz CT molecular complexity index is 280. The van der Waals surface area contributed by atoms with Gasteiger partial charge in [-0.05, 0) is 41.1 Å². The first-order chi connectivity index (χ1) is 6.24. The fraction of sp³-hybridized carbons (Fsp3) is 0.333. The van der Waals surface area contributed by atoms with Gasteiger partial charge in [-0.25, -0.2) is 0 Å². The van der Waals surface area contributed by atoms with Crippen LogP contribution in [0.4, 0.5) is 5.69 Å². The van der Waals surface area contributed by atoms with Crippen molar-refractivity contribution in [1.29, 1.82) is 0 Å². The summed E-state index contributed by atoms with van der Waals surface area (Å²) in [5.41, 5.74) is 6.38. The Labute approximate surface area is 91.0 Å². The Hall–Kier alpha value is -0.190. The van der Waals surface area contributed by atoms with E-state index in [1.54, 1.807) is 11.8 Å². The molecule has 0 saturated carbocycles. The molecule has 1 rings (SSSR count). The molecule has 2 nitrogen and oxygen atoms in total. The van der Waals surface area contributed by atoms with Gasteiger partial charge in [0, 0.05) is 21.7 Å². The second kappa shape index (κ2) is 5.52. The molecule has 0 atom stereocenters. The van der Waals surface area contributed by atoms with Crippen LogP contribution < -0.4 is 5.73 Å². The van der Waals surface area contributed by atoms with Crippen LogP contribution in [-0.4, -0.2) is 12.5 Å². The van der Waals surface area contributed by atoms with Crippen LogP contribution in [-0.2, 0) is 4.74 Å². The van der Waals surface area contributed by atoms with E-state index in [-0.39, 0.29) is 0 Å². The number of halogens is 1. The monoisotopic (exact) mass is 261 g/mol. The van der Waals surface area contributed by atoms with Crippen molar-refractivity contribution in [3.63, 3.8) is 0 Å². The Kier molecular flexibility index (Phi) is 4.62. The highest BCUT2D eigenvalue weighted by Gasteiger charge is 2.00. The van der Waals surface area contributed by atoms with E-state index in [4.69, 9.17) is 10.5 Å². The van der Waals surface area contributed by atoms with Gasteiger partial charge in [0.15, 0.2) is 0 Å². The molecule has 0 aliphatic carbocycles. The summed E-state index contributed by atoms with van der Waals surface area (Å²) >= 11 is 5.10. The number of anilines is 1. The smallest absolute Gasteiger partial charge is 0.0967 e. The van der Waals surface area contributed by atoms with Crippen molar-refractivity contribution < 1.29 is 4.74 Å². The summed E-state index contributed by atoms with van der Waals surface area (Å²) in [4.78, 5) is 1.16. The predicted octanol–water partition coefficient (Wildman–Crippen LogP) is 3.12. The van der Waals surface area contributed by atoms with E-state index in [0.29, 0.717) is 5.94 Å². The number of nitrogens with two attached hydrogens (primary N) is 1. The lowest BCUT2D eigenvalue weighted by molar-refractivity contribution is 0.199. The van der Waals surface area contributed by atoms with E-state index in [1.807, 2.05) is 25.1 Å². The number of rotatable bonds is 4. The van der Waals surface area contributed by atoms with Crippen LogP contribution in [0.25, 0.3) is 0 Å². The van der Waals surface area contributed by atoms with Gasteiger partial charge >= 0.3 is 0 Å². The summed E-state index contributed by atoms with van der Waals surface area (Å²) in [6.07, 6.45) is 0. The van der Waals surface area contributed by atoms with Crippen molar-refractivity contribution in [2.24, 2.45) is 0 Å². The lowest BCUT2D eigenvalue weighted by Gasteiger charge is -2.04. The molecule has 0 amide bonds. The van der Waals surface area contributed by atoms with Crippen molar-refractivity contribution in [3.8, 4) is 0 Å². The van der Waals surface area contributed by atoms with Gasteiger partial charge < -0.3 is 10.5 Å². The van der Waals surface area contributed by atoms with Crippen molar-refractivity contribution in [1.82, 2.24) is 0 Å². The van der Waals surface area contributed by atoms with Crippen LogP contribution >= 0.6 is 27.7 Å². The third-order valence-corrected chi connectivity index (χ3v) is 3.33. The molecule has 72 valence electrons. The molecule has 0 unspecified atom stereocenters. The third kappa shape index (κ3) is 3.58. The van der Waals surface area contributed by atoms with Gasteiger partial charge in [0.25, 0.3) is 0 Å². The zero-order chi connectivity index (χ0) is 9.68. The summed E-state index contributed by atoms with van der Waals surface area (Å²) in [6.45, 7) is 2.73. The molecule has 1 aromatic carbocycles. The first-order valence-corrected chi connectivity index (χ1v) is 5.77. The average molecular weight is 262 g/mol. The van der Waals surface area contributed by atoms with Crippen molar-refractivity contribution in [3.05, 3.63) is 22.7 Å². The van der Waals surface area contributed by atoms with E-state index in [1.165, 1.54) is 0 Å². The maximum absolute atomic E-state index is 5.61. The topological polar surface area (TPSA) is 35.2 Å². The van der Waals surface area contributed by atoms with Gasteiger partial charge in [-0.1, -0.05) is 11.8 Å². The summed E-state index contributed by atoms with van der Waals surface area (Å²) in [7, 11) is 0. The fourth-order valence-corrected chi connectivity index (χ4v) is 2.30. The average Bonchev–Trinajstić information content (AvgIpc) is 2.09. The molecule has 13 heavy (non-hydrogen) atoms. The van der Waals surface area contributed by atoms with E-state index < -0.39 is 0 Å². The predicted molar refractivity (Wildman–Crippen MR) is 60.9 cm³/mol. The first kappa shape index (κ1) is 10.9. The molecule has 0 saturated heterocycles. The standard InChI is InChI=1S/C9H12BrNOS/c1-2-12-6-13-9-4-3-7(11)5-8(9)10/h3-5H,2,6,11H2,1H3. The normalized spacial score (nSPS) is 10.3. The van der Waals surface area contributed by atoms with Gasteiger partial charge in [0.1, 0.15) is 0 Å². The molecule has 0 fully saturated rings. The first-order valence-electron chi connectivity index (χ1n) is 3.99. The summed E-state index contributed by atoms with van der Waals surface area (Å²) in [5.74, 6) is 0.680. The van der Waals surface area contributed by atoms with Crippen molar-refractivity contribution >= 4 is 33.4 Å². The fourth-order valence-electron chi connectivity index (χ4n) is 0.823. The van der Waals surface area contributed by atoms with Gasteiger partial charge in [0.05, 0.1) is 5.94 Å². The summed E-state index contributed by atoms with van der Waals surface area (Å²) in [6, 6.07) is 5.77. The number of hydrogen-bond donors (Lipinski definition) is 1. The molecular formula is C9H12BrNOS. The third-order valence-electron chi connectivity index (χ3n) is 1.46. The molecular weight excluding hydrogens is 250 g/mol. The second-order valence-electron chi connectivity index (χ2n) is 2.44. The zero-order valence-electron chi connectivity index (χ0n) is 7.42. The lowest BCUT2D eigenvalue weighted by Crippen LogP contribution is -1.89. The molecule has 0 radical (unpaired) electrons. The van der Waals surface area contributed by atoms with Crippen LogP contribution in [0.1, 0.15) is 6.92 Å². The highest BCUT2D eigenvalue weighted by atomic mass is 79.9. The van der Waals surface area contributed by atoms with Gasteiger partial charge in [0.2, 0.25) is 0 Å². The molecule has 2 N–H and O–H groups in total.